The van der Waals surface area contributed by atoms with Crippen molar-refractivity contribution in [3.05, 3.63) is 65.5 Å². The van der Waals surface area contributed by atoms with E-state index < -0.39 is 5.41 Å². The number of likely N-dealkylation sites (tertiary alicyclic amines) is 2. The Morgan fingerprint density at radius 2 is 1.77 bits per heavy atom. The maximum absolute atomic E-state index is 13.8. The second kappa shape index (κ2) is 9.00. The van der Waals surface area contributed by atoms with Gasteiger partial charge in [0.05, 0.1) is 12.0 Å². The molecule has 6 heteroatoms. The fourth-order valence-electron chi connectivity index (χ4n) is 4.88. The van der Waals surface area contributed by atoms with Gasteiger partial charge >= 0.3 is 0 Å². The lowest BCUT2D eigenvalue weighted by atomic mass is 9.74. The van der Waals surface area contributed by atoms with Crippen molar-refractivity contribution in [2.45, 2.75) is 57.4 Å². The molecule has 2 aromatic rings. The van der Waals surface area contributed by atoms with Gasteiger partial charge in [0.2, 0.25) is 17.7 Å². The van der Waals surface area contributed by atoms with Crippen LogP contribution in [0.2, 0.25) is 0 Å². The molecule has 0 aliphatic carbocycles. The van der Waals surface area contributed by atoms with E-state index in [9.17, 15) is 14.4 Å². The fraction of sp³-hybridized carbons (Fsp3) is 0.440. The van der Waals surface area contributed by atoms with Crippen LogP contribution in [-0.2, 0) is 26.3 Å². The third-order valence-corrected chi connectivity index (χ3v) is 6.54. The maximum atomic E-state index is 13.8. The molecule has 162 valence electrons. The van der Waals surface area contributed by atoms with E-state index in [2.05, 4.69) is 4.98 Å². The summed E-state index contributed by atoms with van der Waals surface area (Å²) in [4.78, 5) is 47.5. The zero-order valence-electron chi connectivity index (χ0n) is 18.0. The van der Waals surface area contributed by atoms with Gasteiger partial charge in [-0.3, -0.25) is 24.3 Å². The molecule has 3 amide bonds. The first-order valence-corrected chi connectivity index (χ1v) is 11.1. The van der Waals surface area contributed by atoms with Gasteiger partial charge in [-0.05, 0) is 42.5 Å². The molecule has 1 aromatic carbocycles. The summed E-state index contributed by atoms with van der Waals surface area (Å²) in [5.41, 5.74) is 1.36. The smallest absolute Gasteiger partial charge is 0.241 e. The van der Waals surface area contributed by atoms with Crippen molar-refractivity contribution >= 4 is 17.7 Å². The van der Waals surface area contributed by atoms with Crippen LogP contribution in [-0.4, -0.2) is 45.6 Å². The van der Waals surface area contributed by atoms with E-state index in [-0.39, 0.29) is 37.1 Å². The Bertz CT molecular complexity index is 967. The van der Waals surface area contributed by atoms with Crippen LogP contribution in [0.15, 0.2) is 48.8 Å². The number of pyridine rings is 1. The van der Waals surface area contributed by atoms with Crippen LogP contribution < -0.4 is 0 Å². The van der Waals surface area contributed by atoms with E-state index in [1.165, 1.54) is 4.90 Å². The summed E-state index contributed by atoms with van der Waals surface area (Å²) in [6.45, 7) is 3.57. The average Bonchev–Trinajstić information content (AvgIpc) is 2.97. The lowest BCUT2D eigenvalue weighted by Crippen LogP contribution is -2.44. The van der Waals surface area contributed by atoms with Crippen LogP contribution in [0.25, 0.3) is 0 Å². The molecule has 31 heavy (non-hydrogen) atoms. The number of hydrogen-bond acceptors (Lipinski definition) is 4. The molecule has 2 aliphatic rings. The molecule has 0 saturated carbocycles. The minimum atomic E-state index is -1.14. The van der Waals surface area contributed by atoms with Gasteiger partial charge in [0.1, 0.15) is 0 Å². The molecule has 4 rings (SSSR count). The molecule has 0 radical (unpaired) electrons. The molecule has 6 nitrogen and oxygen atoms in total. The van der Waals surface area contributed by atoms with Crippen LogP contribution in [0.4, 0.5) is 0 Å². The first-order chi connectivity index (χ1) is 15.0. The Morgan fingerprint density at radius 1 is 1.03 bits per heavy atom. The summed E-state index contributed by atoms with van der Waals surface area (Å²) in [6, 6.07) is 11.3. The van der Waals surface area contributed by atoms with Crippen molar-refractivity contribution in [2.24, 2.45) is 0 Å². The van der Waals surface area contributed by atoms with Gasteiger partial charge in [0.25, 0.3) is 0 Å². The van der Waals surface area contributed by atoms with Gasteiger partial charge in [-0.15, -0.1) is 0 Å². The van der Waals surface area contributed by atoms with Crippen LogP contribution in [0.1, 0.15) is 55.2 Å². The summed E-state index contributed by atoms with van der Waals surface area (Å²) in [6.07, 6.45) is 7.62. The number of aromatic nitrogens is 1. The standard InChI is InChI=1S/C25H29N3O3/c1-19-9-4-5-11-21(19)25(15-22(29)27-13-6-2-3-7-14-27)16-23(30)28(24(25)31)18-20-10-8-12-26-17-20/h4-5,8-12,17H,2-3,6-7,13-16,18H2,1H3. The number of rotatable bonds is 5. The quantitative estimate of drug-likeness (QED) is 0.697. The van der Waals surface area contributed by atoms with E-state index in [4.69, 9.17) is 0 Å². The van der Waals surface area contributed by atoms with Crippen molar-refractivity contribution in [1.82, 2.24) is 14.8 Å². The second-order valence-corrected chi connectivity index (χ2v) is 8.69. The largest absolute Gasteiger partial charge is 0.343 e. The Kier molecular flexibility index (Phi) is 6.16. The number of carbonyl (C=O) groups excluding carboxylic acids is 3. The molecule has 0 spiro atoms. The molecule has 1 atom stereocenters. The van der Waals surface area contributed by atoms with Gasteiger partial charge in [0.15, 0.2) is 0 Å². The third-order valence-electron chi connectivity index (χ3n) is 6.54. The Balaban J connectivity index is 1.68. The second-order valence-electron chi connectivity index (χ2n) is 8.69. The lowest BCUT2D eigenvalue weighted by molar-refractivity contribution is -0.143. The minimum Gasteiger partial charge on any atom is -0.343 e. The molecule has 2 saturated heterocycles. The Morgan fingerprint density at radius 3 is 2.45 bits per heavy atom. The van der Waals surface area contributed by atoms with Crippen molar-refractivity contribution in [2.75, 3.05) is 13.1 Å². The molecule has 0 bridgehead atoms. The molecular weight excluding hydrogens is 390 g/mol. The highest BCUT2D eigenvalue weighted by Gasteiger charge is 2.54. The van der Waals surface area contributed by atoms with Crippen LogP contribution >= 0.6 is 0 Å². The van der Waals surface area contributed by atoms with Crippen molar-refractivity contribution < 1.29 is 14.4 Å². The minimum absolute atomic E-state index is 0.0243. The van der Waals surface area contributed by atoms with E-state index in [0.717, 1.165) is 55.5 Å². The summed E-state index contributed by atoms with van der Waals surface area (Å²) in [5, 5.41) is 0. The third kappa shape index (κ3) is 4.24. The number of hydrogen-bond donors (Lipinski definition) is 0. The fourth-order valence-corrected chi connectivity index (χ4v) is 4.88. The van der Waals surface area contributed by atoms with Crippen molar-refractivity contribution in [1.29, 1.82) is 0 Å². The zero-order valence-corrected chi connectivity index (χ0v) is 18.0. The van der Waals surface area contributed by atoms with Gasteiger partial charge in [-0.25, -0.2) is 0 Å². The predicted molar refractivity (Wildman–Crippen MR) is 117 cm³/mol. The SMILES string of the molecule is Cc1ccccc1C1(CC(=O)N2CCCCCC2)CC(=O)N(Cc2cccnc2)C1=O. The summed E-state index contributed by atoms with van der Waals surface area (Å²) in [5.74, 6) is -0.547. The molecule has 1 unspecified atom stereocenters. The summed E-state index contributed by atoms with van der Waals surface area (Å²) >= 11 is 0. The van der Waals surface area contributed by atoms with Gasteiger partial charge in [-0.1, -0.05) is 43.2 Å². The van der Waals surface area contributed by atoms with Crippen LogP contribution in [0.5, 0.6) is 0 Å². The zero-order chi connectivity index (χ0) is 21.8. The molecule has 3 heterocycles. The van der Waals surface area contributed by atoms with Gasteiger partial charge in [-0.2, -0.15) is 0 Å². The normalized spacial score (nSPS) is 22.0. The average molecular weight is 420 g/mol. The summed E-state index contributed by atoms with van der Waals surface area (Å²) in [7, 11) is 0. The molecule has 2 aliphatic heterocycles. The first-order valence-electron chi connectivity index (χ1n) is 11.1. The predicted octanol–water partition coefficient (Wildman–Crippen LogP) is 3.38. The highest BCUT2D eigenvalue weighted by molar-refractivity contribution is 6.10. The van der Waals surface area contributed by atoms with Crippen molar-refractivity contribution in [3.8, 4) is 0 Å². The molecule has 2 fully saturated rings. The Hall–Kier alpha value is -3.02. The van der Waals surface area contributed by atoms with E-state index in [1.54, 1.807) is 18.5 Å². The highest BCUT2D eigenvalue weighted by atomic mass is 16.2. The van der Waals surface area contributed by atoms with E-state index in [1.807, 2.05) is 42.2 Å². The van der Waals surface area contributed by atoms with Crippen LogP contribution in [0, 0.1) is 6.92 Å². The maximum Gasteiger partial charge on any atom is 0.241 e. The van der Waals surface area contributed by atoms with E-state index in [0.29, 0.717) is 0 Å². The van der Waals surface area contributed by atoms with Crippen molar-refractivity contribution in [3.63, 3.8) is 0 Å². The first kappa shape index (κ1) is 21.2. The number of nitrogens with zero attached hydrogens (tertiary/aromatic N) is 3. The number of aryl methyl sites for hydroxylation is 1. The lowest BCUT2D eigenvalue weighted by Gasteiger charge is -2.31. The summed E-state index contributed by atoms with van der Waals surface area (Å²) < 4.78 is 0. The number of carbonyl (C=O) groups is 3. The molecule has 1 aromatic heterocycles. The monoisotopic (exact) mass is 419 g/mol. The number of imide groups is 1. The highest BCUT2D eigenvalue weighted by Crippen LogP contribution is 2.42. The van der Waals surface area contributed by atoms with Crippen LogP contribution in [0.3, 0.4) is 0 Å². The van der Waals surface area contributed by atoms with Gasteiger partial charge < -0.3 is 4.90 Å². The number of amides is 3. The molecular formula is C25H29N3O3. The number of benzene rings is 1. The Labute approximate surface area is 183 Å². The van der Waals surface area contributed by atoms with E-state index >= 15 is 0 Å². The molecule has 0 N–H and O–H groups in total. The van der Waals surface area contributed by atoms with Gasteiger partial charge in [0, 0.05) is 38.3 Å². The topological polar surface area (TPSA) is 70.6 Å².